The van der Waals surface area contributed by atoms with Gasteiger partial charge in [-0.05, 0) is 35.4 Å². The summed E-state index contributed by atoms with van der Waals surface area (Å²) in [5.74, 6) is 1.47. The topological polar surface area (TPSA) is 57.8 Å². The molecule has 0 radical (unpaired) electrons. The third kappa shape index (κ3) is 5.47. The first kappa shape index (κ1) is 19.2. The van der Waals surface area contributed by atoms with Crippen molar-refractivity contribution in [3.63, 3.8) is 0 Å². The van der Waals surface area contributed by atoms with E-state index in [0.29, 0.717) is 23.2 Å². The highest BCUT2D eigenvalue weighted by molar-refractivity contribution is 7.99. The number of thioether (sulfide) groups is 1. The van der Waals surface area contributed by atoms with Crippen molar-refractivity contribution in [2.45, 2.75) is 38.2 Å². The van der Waals surface area contributed by atoms with Gasteiger partial charge in [0, 0.05) is 23.4 Å². The number of aryl methyl sites for hydroxylation is 1. The lowest BCUT2D eigenvalue weighted by Gasteiger charge is -2.10. The normalized spacial score (nSPS) is 11.0. The van der Waals surface area contributed by atoms with Gasteiger partial charge in [0.05, 0.1) is 5.69 Å². The number of aromatic amines is 1. The fourth-order valence-electron chi connectivity index (χ4n) is 2.76. The monoisotopic (exact) mass is 379 g/mol. The average molecular weight is 380 g/mol. The molecular weight excluding hydrogens is 354 g/mol. The van der Waals surface area contributed by atoms with Gasteiger partial charge in [0.25, 0.3) is 5.56 Å². The summed E-state index contributed by atoms with van der Waals surface area (Å²) in [6.07, 6.45) is 0.581. The van der Waals surface area contributed by atoms with E-state index >= 15 is 0 Å². The Hall–Kier alpha value is -2.53. The minimum absolute atomic E-state index is 0.0983. The van der Waals surface area contributed by atoms with Gasteiger partial charge in [0.15, 0.2) is 0 Å². The predicted octanol–water partition coefficient (Wildman–Crippen LogP) is 5.05. The molecule has 2 N–H and O–H groups in total. The molecule has 4 nitrogen and oxygen atoms in total. The molecule has 0 unspecified atom stereocenters. The Labute approximate surface area is 164 Å². The van der Waals surface area contributed by atoms with Crippen LogP contribution in [0.2, 0.25) is 0 Å². The molecule has 0 amide bonds. The first-order valence-corrected chi connectivity index (χ1v) is 10.2. The van der Waals surface area contributed by atoms with Crippen molar-refractivity contribution in [3.05, 3.63) is 87.3 Å². The van der Waals surface area contributed by atoms with E-state index in [1.165, 1.54) is 5.56 Å². The van der Waals surface area contributed by atoms with Crippen LogP contribution in [-0.2, 0) is 12.2 Å². The second-order valence-electron chi connectivity index (χ2n) is 6.82. The summed E-state index contributed by atoms with van der Waals surface area (Å²) in [7, 11) is 0. The summed E-state index contributed by atoms with van der Waals surface area (Å²) >= 11 is 1.92. The number of nitrogens with zero attached hydrogens (tertiary/aromatic N) is 1. The Morgan fingerprint density at radius 3 is 2.37 bits per heavy atom. The number of aromatic nitrogens is 2. The molecule has 1 aromatic heterocycles. The smallest absolute Gasteiger partial charge is 0.256 e. The molecule has 0 aliphatic heterocycles. The molecule has 140 valence electrons. The van der Waals surface area contributed by atoms with E-state index in [1.807, 2.05) is 61.2 Å². The molecule has 0 bridgehead atoms. The molecule has 1 heterocycles. The highest BCUT2D eigenvalue weighted by Gasteiger charge is 2.09. The van der Waals surface area contributed by atoms with Gasteiger partial charge in [0.1, 0.15) is 0 Å². The van der Waals surface area contributed by atoms with Crippen molar-refractivity contribution in [2.75, 3.05) is 5.32 Å². The van der Waals surface area contributed by atoms with E-state index in [9.17, 15) is 4.79 Å². The molecule has 2 aromatic carbocycles. The van der Waals surface area contributed by atoms with Gasteiger partial charge in [-0.25, -0.2) is 4.98 Å². The standard InChI is InChI=1S/C22H25N3OS/c1-15(2)27-14-18-9-11-19(12-10-18)24-22-23-16(3)20(21(26)25-22)13-17-7-5-4-6-8-17/h4-12,15H,13-14H2,1-3H3,(H2,23,24,25,26). The van der Waals surface area contributed by atoms with Gasteiger partial charge in [-0.1, -0.05) is 56.3 Å². The van der Waals surface area contributed by atoms with E-state index in [-0.39, 0.29) is 5.56 Å². The molecule has 0 saturated carbocycles. The molecule has 0 atom stereocenters. The number of nitrogens with one attached hydrogen (secondary N) is 2. The largest absolute Gasteiger partial charge is 0.326 e. The van der Waals surface area contributed by atoms with Crippen molar-refractivity contribution < 1.29 is 0 Å². The van der Waals surface area contributed by atoms with Crippen molar-refractivity contribution in [2.24, 2.45) is 0 Å². The van der Waals surface area contributed by atoms with Gasteiger partial charge in [0.2, 0.25) is 5.95 Å². The van der Waals surface area contributed by atoms with E-state index < -0.39 is 0 Å². The minimum Gasteiger partial charge on any atom is -0.326 e. The van der Waals surface area contributed by atoms with Gasteiger partial charge in [-0.2, -0.15) is 11.8 Å². The first-order chi connectivity index (χ1) is 13.0. The third-order valence-corrected chi connectivity index (χ3v) is 5.41. The van der Waals surface area contributed by atoms with Crippen molar-refractivity contribution in [1.29, 1.82) is 0 Å². The summed E-state index contributed by atoms with van der Waals surface area (Å²) < 4.78 is 0. The predicted molar refractivity (Wildman–Crippen MR) is 115 cm³/mol. The summed E-state index contributed by atoms with van der Waals surface area (Å²) in [5, 5.41) is 3.82. The highest BCUT2D eigenvalue weighted by Crippen LogP contribution is 2.20. The number of benzene rings is 2. The SMILES string of the molecule is Cc1nc(Nc2ccc(CSC(C)C)cc2)[nH]c(=O)c1Cc1ccccc1. The van der Waals surface area contributed by atoms with Crippen LogP contribution in [0, 0.1) is 6.92 Å². The minimum atomic E-state index is -0.0983. The molecule has 3 aromatic rings. The van der Waals surface area contributed by atoms with E-state index in [1.54, 1.807) is 0 Å². The van der Waals surface area contributed by atoms with Gasteiger partial charge in [-0.3, -0.25) is 9.78 Å². The summed E-state index contributed by atoms with van der Waals surface area (Å²) in [6, 6.07) is 18.2. The number of anilines is 2. The molecule has 0 fully saturated rings. The first-order valence-electron chi connectivity index (χ1n) is 9.12. The van der Waals surface area contributed by atoms with Crippen molar-refractivity contribution in [3.8, 4) is 0 Å². The van der Waals surface area contributed by atoms with Crippen LogP contribution in [-0.4, -0.2) is 15.2 Å². The summed E-state index contributed by atoms with van der Waals surface area (Å²) in [4.78, 5) is 19.9. The molecule has 27 heavy (non-hydrogen) atoms. The molecule has 0 aliphatic rings. The molecular formula is C22H25N3OS. The van der Waals surface area contributed by atoms with E-state index in [0.717, 1.165) is 22.7 Å². The number of hydrogen-bond acceptors (Lipinski definition) is 4. The zero-order chi connectivity index (χ0) is 19.2. The molecule has 5 heteroatoms. The molecule has 3 rings (SSSR count). The van der Waals surface area contributed by atoms with E-state index in [4.69, 9.17) is 0 Å². The molecule has 0 saturated heterocycles. The van der Waals surface area contributed by atoms with Gasteiger partial charge < -0.3 is 5.32 Å². The average Bonchev–Trinajstić information content (AvgIpc) is 2.65. The number of H-pyrrole nitrogens is 1. The lowest BCUT2D eigenvalue weighted by atomic mass is 10.1. The Morgan fingerprint density at radius 2 is 1.74 bits per heavy atom. The Bertz CT molecular complexity index is 934. The zero-order valence-corrected chi connectivity index (χ0v) is 16.8. The van der Waals surface area contributed by atoms with Crippen molar-refractivity contribution >= 4 is 23.4 Å². The van der Waals surface area contributed by atoms with E-state index in [2.05, 4.69) is 41.3 Å². The summed E-state index contributed by atoms with van der Waals surface area (Å²) in [5.41, 5.74) is 4.65. The van der Waals surface area contributed by atoms with Gasteiger partial charge in [-0.15, -0.1) is 0 Å². The fourth-order valence-corrected chi connectivity index (χ4v) is 3.48. The quantitative estimate of drug-likeness (QED) is 0.603. The Balaban J connectivity index is 1.71. The Morgan fingerprint density at radius 1 is 1.04 bits per heavy atom. The van der Waals surface area contributed by atoms with Crippen LogP contribution in [0.3, 0.4) is 0 Å². The number of hydrogen-bond donors (Lipinski definition) is 2. The van der Waals surface area contributed by atoms with Crippen LogP contribution in [0.15, 0.2) is 59.4 Å². The molecule has 0 spiro atoms. The summed E-state index contributed by atoms with van der Waals surface area (Å²) in [6.45, 7) is 6.28. The fraction of sp³-hybridized carbons (Fsp3) is 0.273. The maximum atomic E-state index is 12.5. The lowest BCUT2D eigenvalue weighted by Crippen LogP contribution is -2.18. The van der Waals surface area contributed by atoms with Crippen LogP contribution in [0.25, 0.3) is 0 Å². The van der Waals surface area contributed by atoms with Crippen LogP contribution < -0.4 is 10.9 Å². The highest BCUT2D eigenvalue weighted by atomic mass is 32.2. The Kier molecular flexibility index (Phi) is 6.35. The number of rotatable bonds is 7. The van der Waals surface area contributed by atoms with Crippen molar-refractivity contribution in [1.82, 2.24) is 9.97 Å². The zero-order valence-electron chi connectivity index (χ0n) is 16.0. The van der Waals surface area contributed by atoms with Crippen LogP contribution >= 0.6 is 11.8 Å². The maximum Gasteiger partial charge on any atom is 0.256 e. The third-order valence-electron chi connectivity index (χ3n) is 4.25. The van der Waals surface area contributed by atoms with Crippen LogP contribution in [0.4, 0.5) is 11.6 Å². The lowest BCUT2D eigenvalue weighted by molar-refractivity contribution is 0.986. The van der Waals surface area contributed by atoms with Gasteiger partial charge >= 0.3 is 0 Å². The molecule has 0 aliphatic carbocycles. The second-order valence-corrected chi connectivity index (χ2v) is 8.39. The van der Waals surface area contributed by atoms with Crippen LogP contribution in [0.1, 0.15) is 36.2 Å². The maximum absolute atomic E-state index is 12.5. The second kappa shape index (κ2) is 8.91. The van der Waals surface area contributed by atoms with Crippen LogP contribution in [0.5, 0.6) is 0 Å².